The van der Waals surface area contributed by atoms with Crippen molar-refractivity contribution in [2.24, 2.45) is 0 Å². The highest BCUT2D eigenvalue weighted by Gasteiger charge is 2.37. The maximum absolute atomic E-state index is 13.0. The van der Waals surface area contributed by atoms with Crippen molar-refractivity contribution in [3.63, 3.8) is 0 Å². The first-order valence-corrected chi connectivity index (χ1v) is 11.8. The number of aliphatic hydroxyl groups is 1. The van der Waals surface area contributed by atoms with Crippen molar-refractivity contribution >= 4 is 18.0 Å². The molecule has 10 nitrogen and oxygen atoms in total. The Hall–Kier alpha value is -2.85. The van der Waals surface area contributed by atoms with E-state index in [2.05, 4.69) is 10.8 Å². The van der Waals surface area contributed by atoms with Crippen LogP contribution in [-0.4, -0.2) is 76.4 Å². The van der Waals surface area contributed by atoms with Crippen molar-refractivity contribution in [3.05, 3.63) is 35.9 Å². The SMILES string of the molecule is CC(C)(C)ONC(=O)N1CCC(NC(=O)C2CCC(O)CN2C(=O)OCc2ccccc2)CC1. The molecule has 0 saturated carbocycles. The fraction of sp³-hybridized carbons (Fsp3) is 0.625. The van der Waals surface area contributed by atoms with Gasteiger partial charge in [0.05, 0.1) is 18.2 Å². The number of carbonyl (C=O) groups excluding carboxylic acids is 3. The van der Waals surface area contributed by atoms with Crippen LogP contribution in [-0.2, 0) is 21.0 Å². The standard InChI is InChI=1S/C24H36N4O6/c1-24(2,3)34-26-22(31)27-13-11-18(12-14-27)25-21(30)20-10-9-19(29)15-28(20)23(32)33-16-17-7-5-4-6-8-17/h4-8,18-20,29H,9-16H2,1-3H3,(H,25,30)(H,26,31). The number of nitrogens with zero attached hydrogens (tertiary/aromatic N) is 2. The van der Waals surface area contributed by atoms with Gasteiger partial charge < -0.3 is 20.1 Å². The number of hydrogen-bond donors (Lipinski definition) is 3. The molecule has 2 fully saturated rings. The summed E-state index contributed by atoms with van der Waals surface area (Å²) in [6.07, 6.45) is 0.690. The van der Waals surface area contributed by atoms with Crippen LogP contribution >= 0.6 is 0 Å². The molecule has 2 aliphatic heterocycles. The van der Waals surface area contributed by atoms with E-state index in [4.69, 9.17) is 9.57 Å². The number of hydrogen-bond acceptors (Lipinski definition) is 6. The molecule has 3 N–H and O–H groups in total. The van der Waals surface area contributed by atoms with Gasteiger partial charge in [-0.25, -0.2) is 15.1 Å². The van der Waals surface area contributed by atoms with E-state index in [1.54, 1.807) is 4.90 Å². The predicted octanol–water partition coefficient (Wildman–Crippen LogP) is 2.17. The summed E-state index contributed by atoms with van der Waals surface area (Å²) in [7, 11) is 0. The molecule has 2 aliphatic rings. The molecule has 0 aromatic heterocycles. The Morgan fingerprint density at radius 3 is 2.38 bits per heavy atom. The minimum Gasteiger partial charge on any atom is -0.445 e. The molecule has 1 aromatic carbocycles. The zero-order valence-electron chi connectivity index (χ0n) is 20.2. The van der Waals surface area contributed by atoms with Crippen molar-refractivity contribution in [1.29, 1.82) is 0 Å². The van der Waals surface area contributed by atoms with Crippen LogP contribution in [0.1, 0.15) is 52.0 Å². The number of carbonyl (C=O) groups is 3. The monoisotopic (exact) mass is 476 g/mol. The molecule has 0 radical (unpaired) electrons. The third-order valence-corrected chi connectivity index (χ3v) is 5.87. The molecule has 188 valence electrons. The lowest BCUT2D eigenvalue weighted by Crippen LogP contribution is -2.58. The van der Waals surface area contributed by atoms with E-state index in [0.717, 1.165) is 5.56 Å². The van der Waals surface area contributed by atoms with E-state index < -0.39 is 23.8 Å². The van der Waals surface area contributed by atoms with E-state index in [9.17, 15) is 19.5 Å². The van der Waals surface area contributed by atoms with Gasteiger partial charge in [-0.1, -0.05) is 30.3 Å². The van der Waals surface area contributed by atoms with Gasteiger partial charge in [-0.3, -0.25) is 14.5 Å². The smallest absolute Gasteiger partial charge is 0.410 e. The summed E-state index contributed by atoms with van der Waals surface area (Å²) in [6, 6.07) is 8.20. The van der Waals surface area contributed by atoms with Crippen LogP contribution in [0, 0.1) is 0 Å². The van der Waals surface area contributed by atoms with Crippen molar-refractivity contribution in [2.75, 3.05) is 19.6 Å². The first-order valence-electron chi connectivity index (χ1n) is 11.8. The normalized spacial score (nSPS) is 21.6. The van der Waals surface area contributed by atoms with Gasteiger partial charge in [0.25, 0.3) is 0 Å². The Morgan fingerprint density at radius 1 is 1.06 bits per heavy atom. The number of ether oxygens (including phenoxy) is 1. The van der Waals surface area contributed by atoms with Crippen LogP contribution in [0.4, 0.5) is 9.59 Å². The van der Waals surface area contributed by atoms with Gasteiger partial charge in [0.1, 0.15) is 12.6 Å². The molecule has 2 atom stereocenters. The zero-order valence-corrected chi connectivity index (χ0v) is 20.2. The average Bonchev–Trinajstić information content (AvgIpc) is 2.81. The molecule has 0 bridgehead atoms. The third kappa shape index (κ3) is 7.59. The first-order chi connectivity index (χ1) is 16.1. The van der Waals surface area contributed by atoms with E-state index >= 15 is 0 Å². The molecule has 2 saturated heterocycles. The second kappa shape index (κ2) is 11.5. The van der Waals surface area contributed by atoms with Crippen LogP contribution in [0.2, 0.25) is 0 Å². The summed E-state index contributed by atoms with van der Waals surface area (Å²) < 4.78 is 5.41. The van der Waals surface area contributed by atoms with Crippen LogP contribution in [0.5, 0.6) is 0 Å². The Bertz CT molecular complexity index is 836. The number of rotatable bonds is 5. The lowest BCUT2D eigenvalue weighted by Gasteiger charge is -2.38. The van der Waals surface area contributed by atoms with E-state index in [1.165, 1.54) is 4.90 Å². The van der Waals surface area contributed by atoms with Gasteiger partial charge in [-0.2, -0.15) is 0 Å². The summed E-state index contributed by atoms with van der Waals surface area (Å²) in [5.74, 6) is -0.262. The second-order valence-electron chi connectivity index (χ2n) is 9.83. The number of piperidine rings is 2. The van der Waals surface area contributed by atoms with Crippen molar-refractivity contribution in [2.45, 2.75) is 76.9 Å². The molecule has 1 aromatic rings. The first kappa shape index (κ1) is 25.8. The number of aliphatic hydroxyl groups excluding tert-OH is 1. The third-order valence-electron chi connectivity index (χ3n) is 5.87. The fourth-order valence-electron chi connectivity index (χ4n) is 4.01. The largest absolute Gasteiger partial charge is 0.445 e. The molecule has 2 heterocycles. The van der Waals surface area contributed by atoms with Crippen LogP contribution < -0.4 is 10.8 Å². The highest BCUT2D eigenvalue weighted by Crippen LogP contribution is 2.21. The van der Waals surface area contributed by atoms with Gasteiger partial charge in [0.2, 0.25) is 5.91 Å². The topological polar surface area (TPSA) is 120 Å². The van der Waals surface area contributed by atoms with Crippen LogP contribution in [0.25, 0.3) is 0 Å². The van der Waals surface area contributed by atoms with Crippen molar-refractivity contribution in [1.82, 2.24) is 20.6 Å². The van der Waals surface area contributed by atoms with Gasteiger partial charge in [0, 0.05) is 19.1 Å². The lowest BCUT2D eigenvalue weighted by atomic mass is 9.98. The van der Waals surface area contributed by atoms with Crippen molar-refractivity contribution in [3.8, 4) is 0 Å². The fourth-order valence-corrected chi connectivity index (χ4v) is 4.01. The van der Waals surface area contributed by atoms with Crippen LogP contribution in [0.15, 0.2) is 30.3 Å². The molecule has 2 unspecified atom stereocenters. The van der Waals surface area contributed by atoms with Gasteiger partial charge >= 0.3 is 12.1 Å². The number of amides is 4. The Balaban J connectivity index is 1.49. The molecule has 3 rings (SSSR count). The molecular formula is C24H36N4O6. The molecule has 4 amide bonds. The molecule has 34 heavy (non-hydrogen) atoms. The summed E-state index contributed by atoms with van der Waals surface area (Å²) >= 11 is 0. The summed E-state index contributed by atoms with van der Waals surface area (Å²) in [5.41, 5.74) is 2.83. The minimum atomic E-state index is -0.701. The lowest BCUT2D eigenvalue weighted by molar-refractivity contribution is -0.129. The van der Waals surface area contributed by atoms with E-state index in [-0.39, 0.29) is 31.1 Å². The maximum Gasteiger partial charge on any atom is 0.410 e. The molecule has 0 spiro atoms. The second-order valence-corrected chi connectivity index (χ2v) is 9.83. The number of likely N-dealkylation sites (tertiary alicyclic amines) is 2. The highest BCUT2D eigenvalue weighted by atomic mass is 16.7. The Labute approximate surface area is 200 Å². The molecule has 0 aliphatic carbocycles. The Morgan fingerprint density at radius 2 is 1.74 bits per heavy atom. The van der Waals surface area contributed by atoms with E-state index in [1.807, 2.05) is 51.1 Å². The minimum absolute atomic E-state index is 0.0537. The highest BCUT2D eigenvalue weighted by molar-refractivity contribution is 5.86. The van der Waals surface area contributed by atoms with Crippen LogP contribution in [0.3, 0.4) is 0 Å². The van der Waals surface area contributed by atoms with E-state index in [0.29, 0.717) is 38.8 Å². The van der Waals surface area contributed by atoms with Gasteiger partial charge in [-0.15, -0.1) is 0 Å². The molecular weight excluding hydrogens is 440 g/mol. The number of hydroxylamine groups is 1. The predicted molar refractivity (Wildman–Crippen MR) is 124 cm³/mol. The number of nitrogens with one attached hydrogen (secondary N) is 2. The number of β-amino-alcohol motifs (C(OH)–C–C–N with tert-alkyl or cyclic N) is 1. The van der Waals surface area contributed by atoms with Crippen molar-refractivity contribution < 1.29 is 29.1 Å². The summed E-state index contributed by atoms with van der Waals surface area (Å²) in [5, 5.41) is 13.1. The number of benzene rings is 1. The average molecular weight is 477 g/mol. The Kier molecular flexibility index (Phi) is 8.73. The quantitative estimate of drug-likeness (QED) is 0.560. The molecule has 10 heteroatoms. The zero-order chi connectivity index (χ0) is 24.7. The summed E-state index contributed by atoms with van der Waals surface area (Å²) in [6.45, 7) is 6.66. The van der Waals surface area contributed by atoms with Gasteiger partial charge in [-0.05, 0) is 52.0 Å². The summed E-state index contributed by atoms with van der Waals surface area (Å²) in [4.78, 5) is 46.3. The maximum atomic E-state index is 13.0. The van der Waals surface area contributed by atoms with Gasteiger partial charge in [0.15, 0.2) is 0 Å². The number of urea groups is 1.